The lowest BCUT2D eigenvalue weighted by molar-refractivity contribution is 1.04. The van der Waals surface area contributed by atoms with E-state index in [0.29, 0.717) is 12.5 Å². The molecule has 1 rings (SSSR count). The van der Waals surface area contributed by atoms with Gasteiger partial charge in [0.05, 0.1) is 1.37 Å². The maximum absolute atomic E-state index is 7.15. The van der Waals surface area contributed by atoms with Gasteiger partial charge in [0.2, 0.25) is 0 Å². The molecule has 6 heavy (non-hydrogen) atoms. The van der Waals surface area contributed by atoms with Crippen LogP contribution in [0.1, 0.15) is 15.6 Å². The minimum absolute atomic E-state index is 0.107. The minimum Gasteiger partial charge on any atom is -0.0842 e. The molecule has 0 saturated carbocycles. The summed E-state index contributed by atoms with van der Waals surface area (Å²) in [5, 5.41) is 0. The Morgan fingerprint density at radius 1 is 1.67 bits per heavy atom. The lowest BCUT2D eigenvalue weighted by atomic mass is 10.2. The lowest BCUT2D eigenvalue weighted by Gasteiger charge is -1.88. The predicted molar refractivity (Wildman–Crippen MR) is 27.5 cm³/mol. The third kappa shape index (κ3) is 0.713. The molecule has 0 amide bonds. The fourth-order valence-corrected chi connectivity index (χ4v) is 0.406. The van der Waals surface area contributed by atoms with Crippen LogP contribution in [0.15, 0.2) is 24.3 Å². The Balaban J connectivity index is 2.58. The highest BCUT2D eigenvalue weighted by Gasteiger charge is 1.77. The highest BCUT2D eigenvalue weighted by molar-refractivity contribution is 5.07. The third-order valence-corrected chi connectivity index (χ3v) is 0.700. The quantitative estimate of drug-likeness (QED) is 0.418. The number of rotatable bonds is 0. The topological polar surface area (TPSA) is 0 Å². The molecule has 0 bridgehead atoms. The van der Waals surface area contributed by atoms with Crippen LogP contribution in [-0.2, 0) is 0 Å². The Labute approximate surface area is 41.0 Å². The molecule has 1 aliphatic rings. The monoisotopic (exact) mass is 82.1 g/mol. The highest BCUT2D eigenvalue weighted by atomic mass is 13.8. The molecular formula is C6H8. The number of hydrogen-bond donors (Lipinski definition) is 0. The van der Waals surface area contributed by atoms with Gasteiger partial charge in [0.1, 0.15) is 0 Å². The summed E-state index contributed by atoms with van der Waals surface area (Å²) in [4.78, 5) is 0. The van der Waals surface area contributed by atoms with E-state index in [0.717, 1.165) is 0 Å². The van der Waals surface area contributed by atoms with E-state index >= 15 is 0 Å². The molecule has 0 saturated heterocycles. The summed E-state index contributed by atoms with van der Waals surface area (Å²) in [6.07, 6.45) is 5.76. The van der Waals surface area contributed by atoms with Gasteiger partial charge in [-0.1, -0.05) is 24.3 Å². The maximum Gasteiger partial charge on any atom is 0.0619 e. The standard InChI is InChI=1S/C6H8/c1-2-4-6-5-3-1/h1-4H,5-6H2/i1D,6D. The molecule has 1 atom stereocenters. The molecule has 32 valence electrons. The first kappa shape index (κ1) is 1.97. The van der Waals surface area contributed by atoms with Crippen LogP contribution in [0, 0.1) is 0 Å². The summed E-state index contributed by atoms with van der Waals surface area (Å²) in [6, 6.07) is 0.536. The van der Waals surface area contributed by atoms with Crippen LogP contribution >= 0.6 is 0 Å². The van der Waals surface area contributed by atoms with E-state index in [1.54, 1.807) is 18.2 Å². The van der Waals surface area contributed by atoms with Crippen LogP contribution in [0.4, 0.5) is 0 Å². The van der Waals surface area contributed by atoms with E-state index in [9.17, 15) is 0 Å². The van der Waals surface area contributed by atoms with Crippen LogP contribution in [0.2, 0.25) is 0 Å². The van der Waals surface area contributed by atoms with E-state index < -0.39 is 0 Å². The van der Waals surface area contributed by atoms with Crippen molar-refractivity contribution in [3.8, 4) is 0 Å². The van der Waals surface area contributed by atoms with E-state index in [1.165, 1.54) is 0 Å². The van der Waals surface area contributed by atoms with Gasteiger partial charge in [-0.25, -0.2) is 0 Å². The molecule has 1 aliphatic carbocycles. The average molecular weight is 82.1 g/mol. The van der Waals surface area contributed by atoms with Crippen molar-refractivity contribution in [2.45, 2.75) is 12.8 Å². The van der Waals surface area contributed by atoms with Gasteiger partial charge in [-0.15, -0.1) is 0 Å². The van der Waals surface area contributed by atoms with Gasteiger partial charge < -0.3 is 0 Å². The molecule has 0 nitrogen and oxygen atoms in total. The molecule has 1 unspecified atom stereocenters. The van der Waals surface area contributed by atoms with Gasteiger partial charge in [-0.2, -0.15) is 0 Å². The Kier molecular flexibility index (Phi) is 0.592. The van der Waals surface area contributed by atoms with Crippen LogP contribution in [0.3, 0.4) is 0 Å². The summed E-state index contributed by atoms with van der Waals surface area (Å²) >= 11 is 0. The first-order valence-corrected chi connectivity index (χ1v) is 2.06. The van der Waals surface area contributed by atoms with Crippen molar-refractivity contribution < 1.29 is 2.74 Å². The second-order valence-electron chi connectivity index (χ2n) is 1.20. The van der Waals surface area contributed by atoms with Crippen LogP contribution < -0.4 is 0 Å². The molecule has 0 N–H and O–H groups in total. The van der Waals surface area contributed by atoms with Gasteiger partial charge in [-0.05, 0) is 12.8 Å². The molecule has 0 aromatic rings. The average Bonchev–Trinajstić information content (AvgIpc) is 1.77. The Hall–Kier alpha value is -0.520. The first-order chi connectivity index (χ1) is 3.79. The zero-order valence-electron chi connectivity index (χ0n) is 5.52. The Morgan fingerprint density at radius 2 is 2.67 bits per heavy atom. The summed E-state index contributed by atoms with van der Waals surface area (Å²) in [5.41, 5.74) is 0. The van der Waals surface area contributed by atoms with Crippen LogP contribution in [-0.4, -0.2) is 0 Å². The molecule has 0 aromatic carbocycles. The predicted octanol–water partition coefficient (Wildman–Crippen LogP) is 1.89. The molecule has 0 spiro atoms. The molecular weight excluding hydrogens is 72.1 g/mol. The summed E-state index contributed by atoms with van der Waals surface area (Å²) in [5.74, 6) is 0. The van der Waals surface area contributed by atoms with Crippen molar-refractivity contribution in [3.63, 3.8) is 0 Å². The van der Waals surface area contributed by atoms with Gasteiger partial charge >= 0.3 is 0 Å². The molecule has 0 radical (unpaired) electrons. The van der Waals surface area contributed by atoms with Gasteiger partial charge in [-0.3, -0.25) is 0 Å². The maximum atomic E-state index is 7.15. The molecule has 0 aliphatic heterocycles. The minimum atomic E-state index is -0.107. The Bertz CT molecular complexity index is 135. The number of hydrogen-bond acceptors (Lipinski definition) is 0. The van der Waals surface area contributed by atoms with Crippen molar-refractivity contribution in [1.82, 2.24) is 0 Å². The van der Waals surface area contributed by atoms with Crippen molar-refractivity contribution >= 4 is 0 Å². The first-order valence-electron chi connectivity index (χ1n) is 3.14. The lowest BCUT2D eigenvalue weighted by Crippen LogP contribution is -1.67. The van der Waals surface area contributed by atoms with E-state index in [1.807, 2.05) is 0 Å². The van der Waals surface area contributed by atoms with Crippen molar-refractivity contribution in [2.24, 2.45) is 0 Å². The van der Waals surface area contributed by atoms with Crippen molar-refractivity contribution in [3.05, 3.63) is 24.3 Å². The Morgan fingerprint density at radius 3 is 3.17 bits per heavy atom. The van der Waals surface area contributed by atoms with E-state index in [2.05, 4.69) is 0 Å². The van der Waals surface area contributed by atoms with E-state index in [4.69, 9.17) is 2.74 Å². The zero-order valence-corrected chi connectivity index (χ0v) is 3.52. The van der Waals surface area contributed by atoms with Crippen LogP contribution in [0.5, 0.6) is 0 Å². The molecule has 0 fully saturated rings. The normalized spacial score (nSPS) is 37.3. The third-order valence-electron chi connectivity index (χ3n) is 0.700. The second-order valence-corrected chi connectivity index (χ2v) is 1.20. The van der Waals surface area contributed by atoms with Crippen molar-refractivity contribution in [1.29, 1.82) is 0 Å². The fraction of sp³-hybridized carbons (Fsp3) is 0.333. The second kappa shape index (κ2) is 1.81. The van der Waals surface area contributed by atoms with Gasteiger partial charge in [0.15, 0.2) is 0 Å². The zero-order chi connectivity index (χ0) is 5.98. The SMILES string of the molecule is [2H]C1=CCC([2H])C=C1. The largest absolute Gasteiger partial charge is 0.0842 e. The van der Waals surface area contributed by atoms with Gasteiger partial charge in [0, 0.05) is 1.37 Å². The molecule has 0 heterocycles. The summed E-state index contributed by atoms with van der Waals surface area (Å²) in [7, 11) is 0. The molecule has 0 aromatic heterocycles. The van der Waals surface area contributed by atoms with E-state index in [-0.39, 0.29) is 6.40 Å². The molecule has 0 heteroatoms. The van der Waals surface area contributed by atoms with Crippen LogP contribution in [0.25, 0.3) is 0 Å². The fourth-order valence-electron chi connectivity index (χ4n) is 0.406. The number of allylic oxidation sites excluding steroid dienone is 4. The highest BCUT2D eigenvalue weighted by Crippen LogP contribution is 1.98. The smallest absolute Gasteiger partial charge is 0.0619 e. The summed E-state index contributed by atoms with van der Waals surface area (Å²) in [6.45, 7) is 0. The van der Waals surface area contributed by atoms with Crippen molar-refractivity contribution in [2.75, 3.05) is 0 Å². The van der Waals surface area contributed by atoms with Gasteiger partial charge in [0.25, 0.3) is 0 Å². The summed E-state index contributed by atoms with van der Waals surface area (Å²) < 4.78 is 14.2.